The number of aryl methyl sites for hydroxylation is 1. The van der Waals surface area contributed by atoms with Gasteiger partial charge in [-0.15, -0.1) is 0 Å². The van der Waals surface area contributed by atoms with E-state index in [0.29, 0.717) is 17.0 Å². The number of carbonyl (C=O) groups excluding carboxylic acids is 2. The van der Waals surface area contributed by atoms with Gasteiger partial charge in [0.15, 0.2) is 0 Å². The number of anilines is 1. The Hall–Kier alpha value is -4.32. The number of aromatic amines is 1. The molecule has 0 fully saturated rings. The van der Waals surface area contributed by atoms with Crippen LogP contribution in [0.1, 0.15) is 21.5 Å². The van der Waals surface area contributed by atoms with E-state index in [2.05, 4.69) is 15.6 Å². The largest absolute Gasteiger partial charge is 0.497 e. The van der Waals surface area contributed by atoms with Gasteiger partial charge in [-0.2, -0.15) is 0 Å². The van der Waals surface area contributed by atoms with Gasteiger partial charge in [0.05, 0.1) is 7.11 Å². The fourth-order valence-electron chi connectivity index (χ4n) is 3.30. The number of aromatic nitrogens is 1. The molecule has 2 amide bonds. The summed E-state index contributed by atoms with van der Waals surface area (Å²) in [4.78, 5) is 29.1. The molecule has 1 aromatic heterocycles. The molecule has 1 heterocycles. The summed E-state index contributed by atoms with van der Waals surface area (Å²) < 4.78 is 5.33. The first-order valence-electron chi connectivity index (χ1n) is 10.1. The normalized spacial score (nSPS) is 11.2. The van der Waals surface area contributed by atoms with Crippen molar-refractivity contribution in [2.75, 3.05) is 12.4 Å². The predicted octanol–water partition coefficient (Wildman–Crippen LogP) is 4.89. The highest BCUT2D eigenvalue weighted by atomic mass is 16.5. The first kappa shape index (κ1) is 20.9. The van der Waals surface area contributed by atoms with Crippen LogP contribution in [0.5, 0.6) is 5.75 Å². The SMILES string of the molecule is COc1ccc2[nH]cc(/C=C(\NC(=O)c3ccccc3)C(=O)Nc3ccc(C)cc3)c2c1. The van der Waals surface area contributed by atoms with Gasteiger partial charge in [0.25, 0.3) is 11.8 Å². The Morgan fingerprint density at radius 1 is 0.969 bits per heavy atom. The van der Waals surface area contributed by atoms with Gasteiger partial charge in [-0.05, 0) is 55.5 Å². The minimum absolute atomic E-state index is 0.128. The van der Waals surface area contributed by atoms with Gasteiger partial charge < -0.3 is 20.4 Å². The summed E-state index contributed by atoms with van der Waals surface area (Å²) >= 11 is 0. The molecule has 6 heteroatoms. The van der Waals surface area contributed by atoms with Crippen LogP contribution in [0.4, 0.5) is 5.69 Å². The lowest BCUT2D eigenvalue weighted by Crippen LogP contribution is -2.30. The molecule has 3 N–H and O–H groups in total. The van der Waals surface area contributed by atoms with Crippen LogP contribution >= 0.6 is 0 Å². The lowest BCUT2D eigenvalue weighted by Gasteiger charge is -2.11. The van der Waals surface area contributed by atoms with E-state index in [1.807, 2.05) is 55.5 Å². The maximum atomic E-state index is 13.1. The van der Waals surface area contributed by atoms with Crippen molar-refractivity contribution in [2.45, 2.75) is 6.92 Å². The molecule has 0 aliphatic carbocycles. The van der Waals surface area contributed by atoms with Gasteiger partial charge in [-0.25, -0.2) is 0 Å². The topological polar surface area (TPSA) is 83.2 Å². The molecule has 0 aliphatic heterocycles. The van der Waals surface area contributed by atoms with Crippen LogP contribution in [-0.4, -0.2) is 23.9 Å². The summed E-state index contributed by atoms with van der Waals surface area (Å²) in [5.74, 6) is -0.0885. The lowest BCUT2D eigenvalue weighted by molar-refractivity contribution is -0.113. The van der Waals surface area contributed by atoms with Crippen molar-refractivity contribution >= 4 is 34.5 Å². The van der Waals surface area contributed by atoms with Gasteiger partial charge >= 0.3 is 0 Å². The summed E-state index contributed by atoms with van der Waals surface area (Å²) in [6.45, 7) is 1.97. The van der Waals surface area contributed by atoms with Crippen molar-refractivity contribution in [3.05, 3.63) is 101 Å². The zero-order valence-corrected chi connectivity index (χ0v) is 17.8. The van der Waals surface area contributed by atoms with Crippen LogP contribution in [-0.2, 0) is 4.79 Å². The highest BCUT2D eigenvalue weighted by Crippen LogP contribution is 2.25. The van der Waals surface area contributed by atoms with Crippen molar-refractivity contribution in [2.24, 2.45) is 0 Å². The van der Waals surface area contributed by atoms with Crippen LogP contribution in [0.2, 0.25) is 0 Å². The number of methoxy groups -OCH3 is 1. The van der Waals surface area contributed by atoms with Crippen LogP contribution in [0.25, 0.3) is 17.0 Å². The number of rotatable bonds is 6. The third-order valence-corrected chi connectivity index (χ3v) is 5.06. The number of ether oxygens (including phenoxy) is 1. The Bertz CT molecular complexity index is 1290. The first-order valence-corrected chi connectivity index (χ1v) is 10.1. The van der Waals surface area contributed by atoms with Gasteiger partial charge in [0, 0.05) is 33.9 Å². The van der Waals surface area contributed by atoms with Crippen molar-refractivity contribution in [1.29, 1.82) is 0 Å². The van der Waals surface area contributed by atoms with Crippen molar-refractivity contribution in [3.63, 3.8) is 0 Å². The van der Waals surface area contributed by atoms with E-state index in [0.717, 1.165) is 22.0 Å². The summed E-state index contributed by atoms with van der Waals surface area (Å²) in [5, 5.41) is 6.49. The van der Waals surface area contributed by atoms with Crippen molar-refractivity contribution < 1.29 is 14.3 Å². The molecule has 3 aromatic carbocycles. The molecule has 0 atom stereocenters. The van der Waals surface area contributed by atoms with E-state index in [9.17, 15) is 9.59 Å². The van der Waals surface area contributed by atoms with Crippen LogP contribution in [0, 0.1) is 6.92 Å². The molecule has 32 heavy (non-hydrogen) atoms. The number of nitrogens with one attached hydrogen (secondary N) is 3. The summed E-state index contributed by atoms with van der Waals surface area (Å²) in [5.41, 5.74) is 3.96. The Morgan fingerprint density at radius 2 is 1.72 bits per heavy atom. The van der Waals surface area contributed by atoms with E-state index < -0.39 is 5.91 Å². The number of carbonyl (C=O) groups is 2. The molecule has 6 nitrogen and oxygen atoms in total. The maximum absolute atomic E-state index is 13.1. The summed E-state index contributed by atoms with van der Waals surface area (Å²) in [6.07, 6.45) is 3.45. The van der Waals surface area contributed by atoms with Gasteiger partial charge in [-0.1, -0.05) is 35.9 Å². The molecule has 0 radical (unpaired) electrons. The van der Waals surface area contributed by atoms with Crippen LogP contribution in [0.3, 0.4) is 0 Å². The number of benzene rings is 3. The summed E-state index contributed by atoms with van der Waals surface area (Å²) in [6, 6.07) is 21.9. The second kappa shape index (κ2) is 9.22. The van der Waals surface area contributed by atoms with Crippen molar-refractivity contribution in [3.8, 4) is 5.75 Å². The minimum Gasteiger partial charge on any atom is -0.497 e. The Labute approximate surface area is 185 Å². The van der Waals surface area contributed by atoms with Gasteiger partial charge in [0.1, 0.15) is 11.4 Å². The number of fused-ring (bicyclic) bond motifs is 1. The number of hydrogen-bond acceptors (Lipinski definition) is 3. The zero-order valence-electron chi connectivity index (χ0n) is 17.8. The van der Waals surface area contributed by atoms with E-state index in [1.54, 1.807) is 43.6 Å². The molecular weight excluding hydrogens is 402 g/mol. The monoisotopic (exact) mass is 425 g/mol. The van der Waals surface area contributed by atoms with Crippen LogP contribution in [0.15, 0.2) is 84.7 Å². The standard InChI is InChI=1S/C26H23N3O3/c1-17-8-10-20(11-9-17)28-26(31)24(29-25(30)18-6-4-3-5-7-18)14-19-16-27-23-13-12-21(32-2)15-22(19)23/h3-16,27H,1-2H3,(H,28,31)(H,29,30)/b24-14-. The second-order valence-corrected chi connectivity index (χ2v) is 7.35. The van der Waals surface area contributed by atoms with Crippen molar-refractivity contribution in [1.82, 2.24) is 10.3 Å². The quantitative estimate of drug-likeness (QED) is 0.385. The number of amides is 2. The molecule has 160 valence electrons. The third kappa shape index (κ3) is 4.70. The molecule has 0 saturated carbocycles. The first-order chi connectivity index (χ1) is 15.5. The molecule has 0 aliphatic rings. The fourth-order valence-corrected chi connectivity index (χ4v) is 3.30. The molecule has 0 spiro atoms. The Morgan fingerprint density at radius 3 is 2.44 bits per heavy atom. The van der Waals surface area contributed by atoms with Gasteiger partial charge in [-0.3, -0.25) is 9.59 Å². The molecule has 4 rings (SSSR count). The van der Waals surface area contributed by atoms with Gasteiger partial charge in [0.2, 0.25) is 0 Å². The van der Waals surface area contributed by atoms with E-state index in [-0.39, 0.29) is 11.6 Å². The fraction of sp³-hybridized carbons (Fsp3) is 0.0769. The third-order valence-electron chi connectivity index (χ3n) is 5.06. The second-order valence-electron chi connectivity index (χ2n) is 7.35. The Balaban J connectivity index is 1.70. The van der Waals surface area contributed by atoms with E-state index in [4.69, 9.17) is 4.74 Å². The smallest absolute Gasteiger partial charge is 0.272 e. The maximum Gasteiger partial charge on any atom is 0.272 e. The van der Waals surface area contributed by atoms with Crippen LogP contribution < -0.4 is 15.4 Å². The highest BCUT2D eigenvalue weighted by molar-refractivity contribution is 6.11. The summed E-state index contributed by atoms with van der Waals surface area (Å²) in [7, 11) is 1.60. The molecule has 0 unspecified atom stereocenters. The predicted molar refractivity (Wildman–Crippen MR) is 127 cm³/mol. The zero-order chi connectivity index (χ0) is 22.5. The average molecular weight is 425 g/mol. The molecule has 0 bridgehead atoms. The molecular formula is C26H23N3O3. The molecule has 0 saturated heterocycles. The minimum atomic E-state index is -0.421. The number of hydrogen-bond donors (Lipinski definition) is 3. The average Bonchev–Trinajstić information content (AvgIpc) is 3.22. The van der Waals surface area contributed by atoms with E-state index in [1.165, 1.54) is 0 Å². The molecule has 4 aromatic rings. The lowest BCUT2D eigenvalue weighted by atomic mass is 10.1. The number of H-pyrrole nitrogens is 1. The van der Waals surface area contributed by atoms with E-state index >= 15 is 0 Å². The Kier molecular flexibility index (Phi) is 6.03. The highest BCUT2D eigenvalue weighted by Gasteiger charge is 2.16.